The van der Waals surface area contributed by atoms with Gasteiger partial charge in [0.15, 0.2) is 0 Å². The number of aromatic amines is 4. The van der Waals surface area contributed by atoms with Gasteiger partial charge in [-0.2, -0.15) is 0 Å². The standard InChI is InChI=1S/C97H94N8O2S/c1-14-18-20-68(16-3)106-70-28-22-64(23-29-70)91-72-32-26-66(98-72)54-67-27-33-73(99-67)92(65-24-30-71(31-25-65)107-69(17-4)21-19-15-2)75-35-37-77(101-75)93(76-36-34-74(91)100-76)86-46-47-87(108-86)94-78-38-40-80(102-78)95(88-58(8)48-55(5)49-59(88)9)82-42-44-84(104-82)97(90-62(12)52-57(7)53-63(90)13)85-45-43-83(105-85)96(81-41-39-79(94)103-81)89-60(10)50-56(6)51-61(89)11/h22-54,68-69,98,101-102,105H,14-21H2,1-13H3. The van der Waals surface area contributed by atoms with Gasteiger partial charge in [0, 0.05) is 92.8 Å². The van der Waals surface area contributed by atoms with E-state index in [4.69, 9.17) is 29.4 Å². The predicted octanol–water partition coefficient (Wildman–Crippen LogP) is 26.8. The molecule has 0 amide bonds. The van der Waals surface area contributed by atoms with E-state index in [1.165, 1.54) is 55.6 Å². The first-order valence-corrected chi connectivity index (χ1v) is 39.5. The average Bonchev–Trinajstić information content (AvgIpc) is 1.59. The molecule has 540 valence electrons. The summed E-state index contributed by atoms with van der Waals surface area (Å²) in [6.07, 6.45) is 26.3. The Labute approximate surface area is 638 Å². The van der Waals surface area contributed by atoms with Gasteiger partial charge >= 0.3 is 0 Å². The number of rotatable bonds is 19. The van der Waals surface area contributed by atoms with Crippen molar-refractivity contribution in [2.75, 3.05) is 0 Å². The highest BCUT2D eigenvalue weighted by atomic mass is 32.1. The highest BCUT2D eigenvalue weighted by Gasteiger charge is 2.26. The van der Waals surface area contributed by atoms with Crippen LogP contribution in [0.1, 0.15) is 175 Å². The highest BCUT2D eigenvalue weighted by molar-refractivity contribution is 7.19. The molecule has 2 atom stereocenters. The molecule has 5 aromatic carbocycles. The zero-order valence-electron chi connectivity index (χ0n) is 64.4. The van der Waals surface area contributed by atoms with Gasteiger partial charge < -0.3 is 29.4 Å². The lowest BCUT2D eigenvalue weighted by molar-refractivity contribution is 0.183. The van der Waals surface area contributed by atoms with Crippen LogP contribution in [0, 0.1) is 62.3 Å². The third-order valence-corrected chi connectivity index (χ3v) is 22.9. The summed E-state index contributed by atoms with van der Waals surface area (Å²) in [5, 5.41) is 0. The number of ether oxygens (including phenoxy) is 2. The van der Waals surface area contributed by atoms with Crippen LogP contribution < -0.4 is 9.47 Å². The molecule has 2 unspecified atom stereocenters. The summed E-state index contributed by atoms with van der Waals surface area (Å²) in [6, 6.07) is 55.3. The predicted molar refractivity (Wildman–Crippen MR) is 458 cm³/mol. The van der Waals surface area contributed by atoms with Gasteiger partial charge in [0.05, 0.1) is 57.8 Å². The Kier molecular flexibility index (Phi) is 19.5. The zero-order valence-corrected chi connectivity index (χ0v) is 65.2. The normalized spacial score (nSPS) is 12.9. The number of hydrogen-bond acceptors (Lipinski definition) is 7. The van der Waals surface area contributed by atoms with Crippen LogP contribution in [0.5, 0.6) is 11.5 Å². The molecule has 4 N–H and O–H groups in total. The van der Waals surface area contributed by atoms with Crippen LogP contribution in [0.4, 0.5) is 0 Å². The molecule has 0 spiro atoms. The number of aromatic nitrogens is 8. The van der Waals surface area contributed by atoms with Crippen molar-refractivity contribution < 1.29 is 9.47 Å². The average molecular weight is 1440 g/mol. The van der Waals surface area contributed by atoms with E-state index < -0.39 is 0 Å². The van der Waals surface area contributed by atoms with Crippen LogP contribution in [0.2, 0.25) is 0 Å². The third kappa shape index (κ3) is 13.7. The van der Waals surface area contributed by atoms with E-state index in [0.29, 0.717) is 0 Å². The van der Waals surface area contributed by atoms with Crippen LogP contribution in [0.15, 0.2) is 152 Å². The molecule has 0 saturated carbocycles. The summed E-state index contributed by atoms with van der Waals surface area (Å²) in [5.41, 5.74) is 37.7. The summed E-state index contributed by atoms with van der Waals surface area (Å²) in [6.45, 7) is 28.8. The molecule has 4 aliphatic rings. The van der Waals surface area contributed by atoms with Crippen molar-refractivity contribution in [2.24, 2.45) is 0 Å². The monoisotopic (exact) mass is 1430 g/mol. The molecule has 11 heteroatoms. The lowest BCUT2D eigenvalue weighted by Crippen LogP contribution is -2.14. The first kappa shape index (κ1) is 70.9. The smallest absolute Gasteiger partial charge is 0.119 e. The molecule has 10 nitrogen and oxygen atoms in total. The minimum Gasteiger partial charge on any atom is -0.490 e. The Hall–Kier alpha value is -11.4. The molecule has 0 fully saturated rings. The molecule has 11 heterocycles. The minimum absolute atomic E-state index is 0.155. The molecular weight excluding hydrogens is 1340 g/mol. The molecule has 4 aliphatic heterocycles. The zero-order chi connectivity index (χ0) is 74.6. The van der Waals surface area contributed by atoms with E-state index in [1.807, 2.05) is 0 Å². The fourth-order valence-electron chi connectivity index (χ4n) is 16.9. The Bertz CT molecular complexity index is 5870. The molecule has 16 rings (SSSR count). The van der Waals surface area contributed by atoms with E-state index in [0.717, 1.165) is 224 Å². The Balaban J connectivity index is 0.966. The molecule has 0 saturated heterocycles. The van der Waals surface area contributed by atoms with Crippen molar-refractivity contribution in [3.05, 3.63) is 247 Å². The van der Waals surface area contributed by atoms with Crippen molar-refractivity contribution >= 4 is 104 Å². The van der Waals surface area contributed by atoms with Crippen LogP contribution in [0.3, 0.4) is 0 Å². The lowest BCUT2D eigenvalue weighted by Gasteiger charge is -2.17. The SMILES string of the molecule is CCCCC(CC)Oc1ccc(-c2c3nc(c(-c4ccc(-c5c6nc(c(-c7c(C)cc(C)cc7C)c7ccc([nH]7)c(-c7c(C)cc(C)cc7C)c7nc(c(-c8c(C)cc(C)cc8C)c8ccc5[nH]8)C=C7)C=C6)s4)c4ccc([nH]4)c(-c4ccc(OC(CC)CCCC)cc4)c4nc(cc5ccc2[nH]5)C=C4)C=C3)cc1. The van der Waals surface area contributed by atoms with Gasteiger partial charge in [0.25, 0.3) is 0 Å². The number of nitrogens with one attached hydrogen (secondary N) is 4. The topological polar surface area (TPSA) is 133 Å². The summed E-state index contributed by atoms with van der Waals surface area (Å²) in [5.74, 6) is 1.73. The van der Waals surface area contributed by atoms with E-state index in [9.17, 15) is 0 Å². The summed E-state index contributed by atoms with van der Waals surface area (Å²) >= 11 is 1.74. The summed E-state index contributed by atoms with van der Waals surface area (Å²) in [4.78, 5) is 40.9. The van der Waals surface area contributed by atoms with Crippen molar-refractivity contribution in [1.82, 2.24) is 39.9 Å². The van der Waals surface area contributed by atoms with Gasteiger partial charge in [-0.05, 0) is 289 Å². The summed E-state index contributed by atoms with van der Waals surface area (Å²) in [7, 11) is 0. The number of thiophene rings is 1. The fourth-order valence-corrected chi connectivity index (χ4v) is 18.1. The molecule has 7 aromatic heterocycles. The molecule has 0 aliphatic carbocycles. The van der Waals surface area contributed by atoms with Crippen LogP contribution in [-0.2, 0) is 0 Å². The van der Waals surface area contributed by atoms with E-state index in [-0.39, 0.29) is 12.2 Å². The van der Waals surface area contributed by atoms with Crippen molar-refractivity contribution in [3.63, 3.8) is 0 Å². The van der Waals surface area contributed by atoms with E-state index in [2.05, 4.69) is 310 Å². The van der Waals surface area contributed by atoms with Gasteiger partial charge in [-0.3, -0.25) is 0 Å². The Morgan fingerprint density at radius 2 is 0.611 bits per heavy atom. The highest BCUT2D eigenvalue weighted by Crippen LogP contribution is 2.47. The van der Waals surface area contributed by atoms with Gasteiger partial charge in [-0.25, -0.2) is 19.9 Å². The van der Waals surface area contributed by atoms with Gasteiger partial charge in [-0.1, -0.05) is 131 Å². The first-order valence-electron chi connectivity index (χ1n) is 38.7. The van der Waals surface area contributed by atoms with Crippen molar-refractivity contribution in [3.8, 4) is 88.0 Å². The number of fused-ring (bicyclic) bond motifs is 16. The quantitative estimate of drug-likeness (QED) is 0.0637. The Morgan fingerprint density at radius 3 is 0.972 bits per heavy atom. The van der Waals surface area contributed by atoms with Gasteiger partial charge in [0.1, 0.15) is 11.5 Å². The number of nitrogens with zero attached hydrogens (tertiary/aromatic N) is 4. The van der Waals surface area contributed by atoms with Crippen molar-refractivity contribution in [1.29, 1.82) is 0 Å². The largest absolute Gasteiger partial charge is 0.490 e. The van der Waals surface area contributed by atoms with Crippen LogP contribution in [0.25, 0.3) is 169 Å². The van der Waals surface area contributed by atoms with Crippen molar-refractivity contribution in [2.45, 2.75) is 154 Å². The molecule has 108 heavy (non-hydrogen) atoms. The minimum atomic E-state index is 0.155. The van der Waals surface area contributed by atoms with Crippen LogP contribution >= 0.6 is 11.3 Å². The van der Waals surface area contributed by atoms with E-state index in [1.54, 1.807) is 11.3 Å². The molecule has 16 bridgehead atoms. The second-order valence-electron chi connectivity index (χ2n) is 30.0. The number of unbranched alkanes of at least 4 members (excludes halogenated alkanes) is 2. The second kappa shape index (κ2) is 29.7. The molecule has 12 aromatic rings. The maximum atomic E-state index is 6.63. The van der Waals surface area contributed by atoms with E-state index >= 15 is 0 Å². The maximum Gasteiger partial charge on any atom is 0.119 e. The number of aryl methyl sites for hydroxylation is 9. The number of benzene rings is 5. The third-order valence-electron chi connectivity index (χ3n) is 21.8. The van der Waals surface area contributed by atoms with Gasteiger partial charge in [-0.15, -0.1) is 11.3 Å². The van der Waals surface area contributed by atoms with Crippen LogP contribution in [-0.4, -0.2) is 52.1 Å². The molecular formula is C97H94N8O2S. The number of H-pyrrole nitrogens is 4. The lowest BCUT2D eigenvalue weighted by atomic mass is 9.92. The maximum absolute atomic E-state index is 6.63. The first-order chi connectivity index (χ1) is 52.5. The fraction of sp³-hybridized carbons (Fsp3) is 0.237. The summed E-state index contributed by atoms with van der Waals surface area (Å²) < 4.78 is 13.3. The Morgan fingerprint density at radius 1 is 0.306 bits per heavy atom. The van der Waals surface area contributed by atoms with Gasteiger partial charge in [0.2, 0.25) is 0 Å². The second-order valence-corrected chi connectivity index (χ2v) is 31.1. The number of hydrogen-bond donors (Lipinski definition) is 4. The molecule has 0 radical (unpaired) electrons.